The predicted octanol–water partition coefficient (Wildman–Crippen LogP) is 5.00. The molecule has 1 aliphatic rings. The molecule has 1 N–H and O–H groups in total. The van der Waals surface area contributed by atoms with Gasteiger partial charge in [-0.1, -0.05) is 30.7 Å². The summed E-state index contributed by atoms with van der Waals surface area (Å²) in [6, 6.07) is 14.3. The van der Waals surface area contributed by atoms with Crippen molar-refractivity contribution >= 4 is 29.1 Å². The molecule has 0 radical (unpaired) electrons. The number of nitrogens with zero attached hydrogens (tertiary/aromatic N) is 1. The molecule has 4 nitrogen and oxygen atoms in total. The van der Waals surface area contributed by atoms with E-state index in [1.54, 1.807) is 48.5 Å². The van der Waals surface area contributed by atoms with E-state index in [4.69, 9.17) is 11.6 Å². The number of nitrogens with one attached hydrogen (secondary N) is 1. The van der Waals surface area contributed by atoms with Crippen LogP contribution in [0.3, 0.4) is 0 Å². The van der Waals surface area contributed by atoms with Crippen LogP contribution in [0.2, 0.25) is 5.02 Å². The van der Waals surface area contributed by atoms with E-state index in [1.807, 2.05) is 4.90 Å². The number of carbonyl (C=O) groups excluding carboxylic acids is 2. The average molecular weight is 371 g/mol. The number of rotatable bonds is 4. The Morgan fingerprint density at radius 1 is 1.12 bits per heavy atom. The summed E-state index contributed by atoms with van der Waals surface area (Å²) in [4.78, 5) is 27.1. The lowest BCUT2D eigenvalue weighted by molar-refractivity contribution is 0.0608. The smallest absolute Gasteiger partial charge is 0.257 e. The Kier molecular flexibility index (Phi) is 5.94. The van der Waals surface area contributed by atoms with Crippen LogP contribution < -0.4 is 5.32 Å². The molecule has 0 bridgehead atoms. The number of hydrogen-bond acceptors (Lipinski definition) is 2. The summed E-state index contributed by atoms with van der Waals surface area (Å²) in [7, 11) is 0. The third-order valence-electron chi connectivity index (χ3n) is 4.87. The van der Waals surface area contributed by atoms with Gasteiger partial charge in [0.2, 0.25) is 0 Å². The standard InChI is InChI=1S/C21H23ClN2O2/c1-2-17-7-5-6-14-24(17)21(26)15-10-12-16(13-11-15)23-20(25)18-8-3-4-9-19(18)22/h3-4,8-13,17H,2,5-7,14H2,1H3,(H,23,25)/t17-/m1/s1. The highest BCUT2D eigenvalue weighted by atomic mass is 35.5. The maximum absolute atomic E-state index is 12.8. The lowest BCUT2D eigenvalue weighted by Gasteiger charge is -2.35. The average Bonchev–Trinajstić information content (AvgIpc) is 2.68. The first-order valence-electron chi connectivity index (χ1n) is 9.07. The van der Waals surface area contributed by atoms with Crippen LogP contribution in [0.4, 0.5) is 5.69 Å². The van der Waals surface area contributed by atoms with Crippen LogP contribution in [-0.4, -0.2) is 29.3 Å². The number of piperidine rings is 1. The quantitative estimate of drug-likeness (QED) is 0.823. The molecule has 1 aliphatic heterocycles. The second kappa shape index (κ2) is 8.37. The fourth-order valence-electron chi connectivity index (χ4n) is 3.40. The van der Waals surface area contributed by atoms with E-state index in [9.17, 15) is 9.59 Å². The van der Waals surface area contributed by atoms with E-state index in [2.05, 4.69) is 12.2 Å². The first kappa shape index (κ1) is 18.5. The topological polar surface area (TPSA) is 49.4 Å². The van der Waals surface area contributed by atoms with Gasteiger partial charge in [-0.3, -0.25) is 9.59 Å². The van der Waals surface area contributed by atoms with Crippen molar-refractivity contribution in [2.45, 2.75) is 38.6 Å². The Bertz CT molecular complexity index is 789. The van der Waals surface area contributed by atoms with Crippen molar-refractivity contribution in [2.24, 2.45) is 0 Å². The highest BCUT2D eigenvalue weighted by Gasteiger charge is 2.26. The summed E-state index contributed by atoms with van der Waals surface area (Å²) in [5.41, 5.74) is 1.71. The number of hydrogen-bond donors (Lipinski definition) is 1. The van der Waals surface area contributed by atoms with Crippen molar-refractivity contribution in [2.75, 3.05) is 11.9 Å². The van der Waals surface area contributed by atoms with E-state index in [0.29, 0.717) is 27.9 Å². The Morgan fingerprint density at radius 3 is 2.54 bits per heavy atom. The maximum Gasteiger partial charge on any atom is 0.257 e. The summed E-state index contributed by atoms with van der Waals surface area (Å²) in [6.07, 6.45) is 4.31. The number of likely N-dealkylation sites (tertiary alicyclic amines) is 1. The van der Waals surface area contributed by atoms with Crippen molar-refractivity contribution in [3.05, 3.63) is 64.7 Å². The second-order valence-electron chi connectivity index (χ2n) is 6.57. The number of amides is 2. The highest BCUT2D eigenvalue weighted by Crippen LogP contribution is 2.23. The normalized spacial score (nSPS) is 17.0. The van der Waals surface area contributed by atoms with Crippen LogP contribution in [-0.2, 0) is 0 Å². The molecule has 1 saturated heterocycles. The van der Waals surface area contributed by atoms with Crippen LogP contribution in [0.5, 0.6) is 0 Å². The molecule has 0 spiro atoms. The molecule has 0 aromatic heterocycles. The third-order valence-corrected chi connectivity index (χ3v) is 5.20. The minimum Gasteiger partial charge on any atom is -0.336 e. The zero-order valence-corrected chi connectivity index (χ0v) is 15.6. The van der Waals surface area contributed by atoms with Crippen molar-refractivity contribution in [1.82, 2.24) is 4.90 Å². The number of benzene rings is 2. The summed E-state index contributed by atoms with van der Waals surface area (Å²) in [6.45, 7) is 2.95. The second-order valence-corrected chi connectivity index (χ2v) is 6.97. The molecular weight excluding hydrogens is 348 g/mol. The lowest BCUT2D eigenvalue weighted by atomic mass is 9.99. The van der Waals surface area contributed by atoms with Gasteiger partial charge in [-0.05, 0) is 62.1 Å². The molecule has 2 amide bonds. The zero-order valence-electron chi connectivity index (χ0n) is 14.9. The van der Waals surface area contributed by atoms with Gasteiger partial charge < -0.3 is 10.2 Å². The van der Waals surface area contributed by atoms with Gasteiger partial charge in [0.05, 0.1) is 10.6 Å². The van der Waals surface area contributed by atoms with Crippen LogP contribution in [0.15, 0.2) is 48.5 Å². The summed E-state index contributed by atoms with van der Waals surface area (Å²) < 4.78 is 0. The SMILES string of the molecule is CC[C@@H]1CCCCN1C(=O)c1ccc(NC(=O)c2ccccc2Cl)cc1. The van der Waals surface area contributed by atoms with Gasteiger partial charge in [0.15, 0.2) is 0 Å². The van der Waals surface area contributed by atoms with Crippen LogP contribution in [0.1, 0.15) is 53.3 Å². The molecule has 136 valence electrons. The third kappa shape index (κ3) is 4.07. The maximum atomic E-state index is 12.8. The molecule has 0 saturated carbocycles. The van der Waals surface area contributed by atoms with Gasteiger partial charge >= 0.3 is 0 Å². The number of anilines is 1. The highest BCUT2D eigenvalue weighted by molar-refractivity contribution is 6.34. The molecule has 26 heavy (non-hydrogen) atoms. The van der Waals surface area contributed by atoms with E-state index in [0.717, 1.165) is 25.8 Å². The van der Waals surface area contributed by atoms with E-state index < -0.39 is 0 Å². The molecule has 1 atom stereocenters. The molecule has 0 aliphatic carbocycles. The summed E-state index contributed by atoms with van der Waals surface area (Å²) in [5.74, 6) is -0.197. The molecule has 2 aromatic rings. The van der Waals surface area contributed by atoms with Gasteiger partial charge in [0.1, 0.15) is 0 Å². The Labute approximate surface area is 159 Å². The van der Waals surface area contributed by atoms with E-state index >= 15 is 0 Å². The van der Waals surface area contributed by atoms with Crippen molar-refractivity contribution < 1.29 is 9.59 Å². The van der Waals surface area contributed by atoms with Gasteiger partial charge in [0, 0.05) is 23.8 Å². The molecule has 1 heterocycles. The van der Waals surface area contributed by atoms with Crippen LogP contribution in [0, 0.1) is 0 Å². The Balaban J connectivity index is 1.69. The van der Waals surface area contributed by atoms with Crippen molar-refractivity contribution in [1.29, 1.82) is 0 Å². The minimum atomic E-state index is -0.267. The van der Waals surface area contributed by atoms with Gasteiger partial charge in [-0.15, -0.1) is 0 Å². The molecule has 0 unspecified atom stereocenters. The monoisotopic (exact) mass is 370 g/mol. The summed E-state index contributed by atoms with van der Waals surface area (Å²) in [5, 5.41) is 3.23. The van der Waals surface area contributed by atoms with Crippen molar-refractivity contribution in [3.8, 4) is 0 Å². The molecule has 3 rings (SSSR count). The van der Waals surface area contributed by atoms with Gasteiger partial charge in [0.25, 0.3) is 11.8 Å². The number of halogens is 1. The minimum absolute atomic E-state index is 0.0699. The first-order valence-corrected chi connectivity index (χ1v) is 9.45. The Morgan fingerprint density at radius 2 is 1.85 bits per heavy atom. The number of carbonyl (C=O) groups is 2. The van der Waals surface area contributed by atoms with E-state index in [-0.39, 0.29) is 11.8 Å². The van der Waals surface area contributed by atoms with Crippen molar-refractivity contribution in [3.63, 3.8) is 0 Å². The Hall–Kier alpha value is -2.33. The van der Waals surface area contributed by atoms with E-state index in [1.165, 1.54) is 6.42 Å². The molecule has 1 fully saturated rings. The fourth-order valence-corrected chi connectivity index (χ4v) is 3.62. The van der Waals surface area contributed by atoms with Gasteiger partial charge in [-0.2, -0.15) is 0 Å². The summed E-state index contributed by atoms with van der Waals surface area (Å²) >= 11 is 6.05. The zero-order chi connectivity index (χ0) is 18.5. The molecule has 2 aromatic carbocycles. The first-order chi connectivity index (χ1) is 12.6. The molecule has 5 heteroatoms. The largest absolute Gasteiger partial charge is 0.336 e. The lowest BCUT2D eigenvalue weighted by Crippen LogP contribution is -2.43. The predicted molar refractivity (Wildman–Crippen MR) is 105 cm³/mol. The van der Waals surface area contributed by atoms with Gasteiger partial charge in [-0.25, -0.2) is 0 Å². The molecular formula is C21H23ClN2O2. The van der Waals surface area contributed by atoms with Crippen LogP contribution >= 0.6 is 11.6 Å². The van der Waals surface area contributed by atoms with Crippen LogP contribution in [0.25, 0.3) is 0 Å². The fraction of sp³-hybridized carbons (Fsp3) is 0.333.